The molecule has 2 bridgehead atoms. The van der Waals surface area contributed by atoms with Gasteiger partial charge in [-0.25, -0.2) is 4.98 Å². The van der Waals surface area contributed by atoms with Crippen LogP contribution in [0.15, 0.2) is 59.2 Å². The molecule has 2 saturated heterocycles. The number of anilines is 2. The molecule has 0 radical (unpaired) electrons. The number of aliphatic hydroxyl groups excluding tert-OH is 1. The summed E-state index contributed by atoms with van der Waals surface area (Å²) < 4.78 is 22.0. The number of nitrogens with zero attached hydrogens (tertiary/aromatic N) is 5. The summed E-state index contributed by atoms with van der Waals surface area (Å²) >= 11 is 0. The number of likely N-dealkylation sites (tertiary alicyclic amines) is 1. The number of ether oxygens (including phenoxy) is 3. The van der Waals surface area contributed by atoms with Crippen LogP contribution in [0.25, 0.3) is 10.9 Å². The second kappa shape index (κ2) is 11.8. The summed E-state index contributed by atoms with van der Waals surface area (Å²) in [4.78, 5) is 27.7. The molecule has 256 valence electrons. The Labute approximate surface area is 283 Å². The summed E-state index contributed by atoms with van der Waals surface area (Å²) in [6.07, 6.45) is 6.68. The van der Waals surface area contributed by atoms with Gasteiger partial charge in [0, 0.05) is 60.6 Å². The zero-order valence-corrected chi connectivity index (χ0v) is 27.7. The third-order valence-electron chi connectivity index (χ3n) is 11.0. The van der Waals surface area contributed by atoms with Crippen LogP contribution in [0.3, 0.4) is 0 Å². The molecule has 49 heavy (non-hydrogen) atoms. The Hall–Kier alpha value is -5.01. The van der Waals surface area contributed by atoms with E-state index in [0.29, 0.717) is 83.8 Å². The molecule has 2 aromatic carbocycles. The van der Waals surface area contributed by atoms with E-state index in [-0.39, 0.29) is 23.2 Å². The van der Waals surface area contributed by atoms with Crippen molar-refractivity contribution in [2.24, 2.45) is 5.92 Å². The summed E-state index contributed by atoms with van der Waals surface area (Å²) in [5.41, 5.74) is 9.13. The van der Waals surface area contributed by atoms with Gasteiger partial charge in [0.2, 0.25) is 5.95 Å². The second-order valence-corrected chi connectivity index (χ2v) is 13.3. The number of piperazine rings is 1. The SMILES string of the molecule is CN1CC[C@]23c4c5ccc(O)c4O[C@H]2[C@@H](O)C=C[C@H]3[C@H]1C5.COc1cc2nc(N3CCN(C(=O)c4ccco4)CC3)nc(N)c2cc1OC. The summed E-state index contributed by atoms with van der Waals surface area (Å²) in [5, 5.41) is 21.4. The van der Waals surface area contributed by atoms with Crippen molar-refractivity contribution in [1.82, 2.24) is 19.8 Å². The van der Waals surface area contributed by atoms with E-state index < -0.39 is 6.10 Å². The number of carbonyl (C=O) groups excluding carboxylic acids is 1. The van der Waals surface area contributed by atoms with E-state index in [0.717, 1.165) is 19.4 Å². The minimum absolute atomic E-state index is 0.111. The number of fused-ring (bicyclic) bond motifs is 1. The number of aromatic nitrogens is 2. The Balaban J connectivity index is 0.000000147. The molecule has 13 nitrogen and oxygen atoms in total. The van der Waals surface area contributed by atoms with Crippen molar-refractivity contribution in [2.45, 2.75) is 36.5 Å². The lowest BCUT2D eigenvalue weighted by molar-refractivity contribution is -0.0453. The zero-order valence-electron chi connectivity index (χ0n) is 27.7. The fourth-order valence-corrected chi connectivity index (χ4v) is 8.51. The first-order chi connectivity index (χ1) is 23.7. The number of piperidine rings is 1. The number of amides is 1. The van der Waals surface area contributed by atoms with Gasteiger partial charge in [-0.2, -0.15) is 4.98 Å². The van der Waals surface area contributed by atoms with E-state index >= 15 is 0 Å². The maximum Gasteiger partial charge on any atom is 0.289 e. The minimum atomic E-state index is -0.594. The number of benzene rings is 2. The largest absolute Gasteiger partial charge is 0.504 e. The van der Waals surface area contributed by atoms with Crippen molar-refractivity contribution in [3.05, 3.63) is 71.7 Å². The first-order valence-electron chi connectivity index (χ1n) is 16.6. The number of phenolic OH excluding ortho intramolecular Hbond substituents is 1. The number of furan rings is 1. The number of hydrogen-bond donors (Lipinski definition) is 3. The number of carbonyl (C=O) groups is 1. The number of nitrogen functional groups attached to an aromatic ring is 1. The van der Waals surface area contributed by atoms with Crippen molar-refractivity contribution >= 4 is 28.6 Å². The molecule has 2 aliphatic carbocycles. The van der Waals surface area contributed by atoms with Gasteiger partial charge in [-0.3, -0.25) is 4.79 Å². The van der Waals surface area contributed by atoms with E-state index in [2.05, 4.69) is 28.0 Å². The molecule has 0 saturated carbocycles. The smallest absolute Gasteiger partial charge is 0.289 e. The number of nitrogens with two attached hydrogens (primary N) is 1. The molecule has 4 N–H and O–H groups in total. The summed E-state index contributed by atoms with van der Waals surface area (Å²) in [6.45, 7) is 3.31. The Bertz CT molecular complexity index is 1940. The van der Waals surface area contributed by atoms with E-state index in [1.54, 1.807) is 49.5 Å². The number of aliphatic hydroxyl groups is 1. The fourth-order valence-electron chi connectivity index (χ4n) is 8.51. The molecular formula is C36H40N6O7. The minimum Gasteiger partial charge on any atom is -0.504 e. The number of phenols is 1. The first-order valence-corrected chi connectivity index (χ1v) is 16.6. The lowest BCUT2D eigenvalue weighted by Crippen LogP contribution is -2.64. The quantitative estimate of drug-likeness (QED) is 0.273. The Kier molecular flexibility index (Phi) is 7.56. The van der Waals surface area contributed by atoms with Crippen LogP contribution in [0.2, 0.25) is 0 Å². The number of aromatic hydroxyl groups is 1. The van der Waals surface area contributed by atoms with Gasteiger partial charge in [0.25, 0.3) is 5.91 Å². The highest BCUT2D eigenvalue weighted by Gasteiger charge is 2.64. The number of likely N-dealkylation sites (N-methyl/N-ethyl adjacent to an activating group) is 1. The van der Waals surface area contributed by atoms with E-state index in [4.69, 9.17) is 24.4 Å². The molecule has 13 heteroatoms. The standard InChI is InChI=1S/C19H21N5O4.C17H19NO3/c1-26-15-10-12-13(11-16(15)27-2)21-19(22-17(12)20)24-7-5-23(6-8-24)18(25)14-4-3-9-28-14;1-18-7-6-17-10-3-5-13(20)16(17)21-15-12(19)4-2-9(14(15)17)8-11(10)18/h3-4,9-11H,5-8H2,1-2H3,(H2,20,21,22);2-5,10-11,13,16,19-20H,6-8H2,1H3/t;10-,11+,13-,16-,17-/m.0/s1. The topological polar surface area (TPSA) is 160 Å². The van der Waals surface area contributed by atoms with Gasteiger partial charge in [-0.05, 0) is 56.3 Å². The van der Waals surface area contributed by atoms with Gasteiger partial charge in [0.05, 0.1) is 26.0 Å². The molecule has 5 heterocycles. The van der Waals surface area contributed by atoms with Crippen molar-refractivity contribution < 1.29 is 33.6 Å². The predicted octanol–water partition coefficient (Wildman–Crippen LogP) is 2.98. The maximum absolute atomic E-state index is 12.4. The Morgan fingerprint density at radius 1 is 1.04 bits per heavy atom. The lowest BCUT2D eigenvalue weighted by Gasteiger charge is -2.56. The van der Waals surface area contributed by atoms with Gasteiger partial charge >= 0.3 is 0 Å². The van der Waals surface area contributed by atoms with Crippen molar-refractivity contribution in [3.63, 3.8) is 0 Å². The van der Waals surface area contributed by atoms with Crippen molar-refractivity contribution in [3.8, 4) is 23.0 Å². The average Bonchev–Trinajstić information content (AvgIpc) is 3.79. The van der Waals surface area contributed by atoms with Crippen molar-refractivity contribution in [1.29, 1.82) is 0 Å². The van der Waals surface area contributed by atoms with Gasteiger partial charge in [-0.1, -0.05) is 18.2 Å². The van der Waals surface area contributed by atoms with Gasteiger partial charge in [0.1, 0.15) is 18.0 Å². The van der Waals surface area contributed by atoms with Crippen LogP contribution in [0.4, 0.5) is 11.8 Å². The van der Waals surface area contributed by atoms with Crippen LogP contribution in [-0.2, 0) is 11.8 Å². The number of methoxy groups -OCH3 is 2. The second-order valence-electron chi connectivity index (χ2n) is 13.3. The summed E-state index contributed by atoms with van der Waals surface area (Å²) in [7, 11) is 5.33. The number of rotatable bonds is 4. The molecule has 2 fully saturated rings. The lowest BCUT2D eigenvalue weighted by atomic mass is 9.53. The molecule has 1 amide bonds. The van der Waals surface area contributed by atoms with Crippen molar-refractivity contribution in [2.75, 3.05) is 64.6 Å². The highest BCUT2D eigenvalue weighted by atomic mass is 16.5. The first kappa shape index (κ1) is 31.3. The molecular weight excluding hydrogens is 628 g/mol. The Morgan fingerprint density at radius 3 is 2.55 bits per heavy atom. The van der Waals surface area contributed by atoms with Gasteiger partial charge < -0.3 is 49.3 Å². The highest BCUT2D eigenvalue weighted by molar-refractivity contribution is 5.92. The molecule has 3 aliphatic heterocycles. The number of hydrogen-bond acceptors (Lipinski definition) is 12. The zero-order chi connectivity index (χ0) is 34.0. The molecule has 4 aromatic rings. The van der Waals surface area contributed by atoms with Gasteiger partial charge in [-0.15, -0.1) is 0 Å². The predicted molar refractivity (Wildman–Crippen MR) is 181 cm³/mol. The van der Waals surface area contributed by atoms with Crippen LogP contribution in [0.5, 0.6) is 23.0 Å². The van der Waals surface area contributed by atoms with E-state index in [1.165, 1.54) is 17.4 Å². The third kappa shape index (κ3) is 4.85. The Morgan fingerprint density at radius 2 is 1.82 bits per heavy atom. The molecule has 9 rings (SSSR count). The van der Waals surface area contributed by atoms with E-state index in [1.807, 2.05) is 17.0 Å². The molecule has 1 spiro atoms. The molecule has 5 aliphatic rings. The molecule has 0 unspecified atom stereocenters. The normalized spacial score (nSPS) is 26.4. The fraction of sp³-hybridized carbons (Fsp3) is 0.417. The summed E-state index contributed by atoms with van der Waals surface area (Å²) in [6, 6.07) is 11.2. The van der Waals surface area contributed by atoms with Crippen LogP contribution < -0.4 is 24.8 Å². The van der Waals surface area contributed by atoms with Crippen LogP contribution in [0, 0.1) is 5.92 Å². The van der Waals surface area contributed by atoms with Crippen LogP contribution in [-0.4, -0.2) is 108 Å². The summed E-state index contributed by atoms with van der Waals surface area (Å²) in [5.74, 6) is 3.48. The third-order valence-corrected chi connectivity index (χ3v) is 11.0. The van der Waals surface area contributed by atoms with Gasteiger partial charge in [0.15, 0.2) is 28.8 Å². The average molecular weight is 669 g/mol. The van der Waals surface area contributed by atoms with E-state index in [9.17, 15) is 15.0 Å². The highest BCUT2D eigenvalue weighted by Crippen LogP contribution is 2.62. The maximum atomic E-state index is 12.4. The van der Waals surface area contributed by atoms with Crippen LogP contribution >= 0.6 is 0 Å². The molecule has 2 aromatic heterocycles. The monoisotopic (exact) mass is 668 g/mol. The molecule has 5 atom stereocenters. The van der Waals surface area contributed by atoms with Crippen LogP contribution in [0.1, 0.15) is 28.1 Å².